The molecule has 0 aliphatic carbocycles. The van der Waals surface area contributed by atoms with Gasteiger partial charge in [-0.2, -0.15) is 0 Å². The highest BCUT2D eigenvalue weighted by Crippen LogP contribution is 2.31. The van der Waals surface area contributed by atoms with Crippen molar-refractivity contribution in [3.05, 3.63) is 57.8 Å². The fraction of sp³-hybridized carbons (Fsp3) is 0.263. The van der Waals surface area contributed by atoms with Crippen LogP contribution in [0.5, 0.6) is 11.5 Å². The van der Waals surface area contributed by atoms with E-state index < -0.39 is 0 Å². The predicted octanol–water partition coefficient (Wildman–Crippen LogP) is 3.64. The van der Waals surface area contributed by atoms with Gasteiger partial charge in [-0.3, -0.25) is 9.59 Å². The van der Waals surface area contributed by atoms with Crippen LogP contribution in [0.4, 0.5) is 4.39 Å². The van der Waals surface area contributed by atoms with Crippen LogP contribution in [0.15, 0.2) is 40.9 Å². The van der Waals surface area contributed by atoms with Crippen LogP contribution in [0, 0.1) is 5.82 Å². The maximum absolute atomic E-state index is 13.6. The second-order valence-electron chi connectivity index (χ2n) is 5.79. The summed E-state index contributed by atoms with van der Waals surface area (Å²) in [6.07, 6.45) is 0.0926. The Labute approximate surface area is 158 Å². The van der Waals surface area contributed by atoms with Gasteiger partial charge in [-0.25, -0.2) is 4.39 Å². The molecule has 0 saturated carbocycles. The molecule has 1 heterocycles. The SMILES string of the molecule is O=C(CCC(=O)c1ccc2c(c1)OCCO2)NCc1cc(Br)ccc1F. The quantitative estimate of drug-likeness (QED) is 0.723. The number of nitrogens with one attached hydrogen (secondary N) is 1. The molecule has 0 aromatic heterocycles. The molecular formula is C19H17BrFNO4. The molecule has 5 nitrogen and oxygen atoms in total. The van der Waals surface area contributed by atoms with Crippen molar-refractivity contribution in [2.75, 3.05) is 13.2 Å². The van der Waals surface area contributed by atoms with Crippen molar-refractivity contribution in [1.29, 1.82) is 0 Å². The van der Waals surface area contributed by atoms with Crippen molar-refractivity contribution in [1.82, 2.24) is 5.32 Å². The maximum atomic E-state index is 13.6. The van der Waals surface area contributed by atoms with E-state index in [0.29, 0.717) is 35.8 Å². The van der Waals surface area contributed by atoms with E-state index in [1.807, 2.05) is 0 Å². The minimum atomic E-state index is -0.388. The zero-order valence-corrected chi connectivity index (χ0v) is 15.5. The Kier molecular flexibility index (Phi) is 5.88. The highest BCUT2D eigenvalue weighted by atomic mass is 79.9. The summed E-state index contributed by atoms with van der Waals surface area (Å²) in [6.45, 7) is 1.00. The van der Waals surface area contributed by atoms with Crippen molar-refractivity contribution in [3.8, 4) is 11.5 Å². The molecule has 136 valence electrons. The van der Waals surface area contributed by atoms with Gasteiger partial charge in [0.05, 0.1) is 0 Å². The standard InChI is InChI=1S/C19H17BrFNO4/c20-14-2-3-15(21)13(9-14)11-22-19(24)6-4-16(23)12-1-5-17-18(10-12)26-8-7-25-17/h1-3,5,9-10H,4,6-8,11H2,(H,22,24). The van der Waals surface area contributed by atoms with Gasteiger partial charge in [-0.1, -0.05) is 15.9 Å². The van der Waals surface area contributed by atoms with E-state index in [9.17, 15) is 14.0 Å². The van der Waals surface area contributed by atoms with Crippen LogP contribution in [0.2, 0.25) is 0 Å². The van der Waals surface area contributed by atoms with Crippen LogP contribution in [0.1, 0.15) is 28.8 Å². The number of ether oxygens (including phenoxy) is 2. The number of Topliss-reactive ketones (excluding diaryl/α,β-unsaturated/α-hetero) is 1. The Balaban J connectivity index is 1.51. The van der Waals surface area contributed by atoms with Crippen molar-refractivity contribution < 1.29 is 23.5 Å². The van der Waals surface area contributed by atoms with Crippen LogP contribution in [-0.4, -0.2) is 24.9 Å². The number of hydrogen-bond donors (Lipinski definition) is 1. The van der Waals surface area contributed by atoms with Crippen LogP contribution in [-0.2, 0) is 11.3 Å². The number of rotatable bonds is 6. The molecule has 1 aliphatic rings. The van der Waals surface area contributed by atoms with Gasteiger partial charge in [0.15, 0.2) is 17.3 Å². The Morgan fingerprint density at radius 2 is 1.81 bits per heavy atom. The first-order valence-corrected chi connectivity index (χ1v) is 8.96. The van der Waals surface area contributed by atoms with Gasteiger partial charge in [0.2, 0.25) is 5.91 Å². The molecule has 0 unspecified atom stereocenters. The van der Waals surface area contributed by atoms with Gasteiger partial charge in [-0.15, -0.1) is 0 Å². The number of hydrogen-bond acceptors (Lipinski definition) is 4. The minimum absolute atomic E-state index is 0.0307. The molecule has 2 aromatic carbocycles. The lowest BCUT2D eigenvalue weighted by atomic mass is 10.1. The summed E-state index contributed by atoms with van der Waals surface area (Å²) < 4.78 is 25.2. The number of carbonyl (C=O) groups is 2. The molecular weight excluding hydrogens is 405 g/mol. The summed E-state index contributed by atoms with van der Waals surface area (Å²) in [5, 5.41) is 2.63. The first kappa shape index (κ1) is 18.4. The predicted molar refractivity (Wildman–Crippen MR) is 96.9 cm³/mol. The summed E-state index contributed by atoms with van der Waals surface area (Å²) >= 11 is 3.26. The molecule has 26 heavy (non-hydrogen) atoms. The fourth-order valence-corrected chi connectivity index (χ4v) is 2.96. The van der Waals surface area contributed by atoms with Crippen LogP contribution in [0.3, 0.4) is 0 Å². The molecule has 1 amide bonds. The molecule has 0 radical (unpaired) electrons. The Morgan fingerprint density at radius 3 is 2.62 bits per heavy atom. The average Bonchev–Trinajstić information content (AvgIpc) is 2.66. The van der Waals surface area contributed by atoms with Crippen molar-refractivity contribution in [2.45, 2.75) is 19.4 Å². The molecule has 2 aromatic rings. The van der Waals surface area contributed by atoms with Gasteiger partial charge in [0.25, 0.3) is 0 Å². The summed E-state index contributed by atoms with van der Waals surface area (Å²) in [6, 6.07) is 9.51. The second-order valence-corrected chi connectivity index (χ2v) is 6.71. The van der Waals surface area contributed by atoms with Crippen LogP contribution < -0.4 is 14.8 Å². The highest BCUT2D eigenvalue weighted by Gasteiger charge is 2.16. The Morgan fingerprint density at radius 1 is 1.04 bits per heavy atom. The summed E-state index contributed by atoms with van der Waals surface area (Å²) in [5.41, 5.74) is 0.853. The average molecular weight is 422 g/mol. The first-order chi connectivity index (χ1) is 12.5. The number of ketones is 1. The normalized spacial score (nSPS) is 12.5. The van der Waals surface area contributed by atoms with Crippen molar-refractivity contribution >= 4 is 27.6 Å². The van der Waals surface area contributed by atoms with Crippen molar-refractivity contribution in [3.63, 3.8) is 0 Å². The number of benzene rings is 2. The maximum Gasteiger partial charge on any atom is 0.220 e. The Hall–Kier alpha value is -2.41. The first-order valence-electron chi connectivity index (χ1n) is 8.16. The number of halogens is 2. The number of fused-ring (bicyclic) bond motifs is 1. The van der Waals surface area contributed by atoms with E-state index in [0.717, 1.165) is 4.47 Å². The van der Waals surface area contributed by atoms with E-state index >= 15 is 0 Å². The monoisotopic (exact) mass is 421 g/mol. The highest BCUT2D eigenvalue weighted by molar-refractivity contribution is 9.10. The van der Waals surface area contributed by atoms with Crippen LogP contribution >= 0.6 is 15.9 Å². The molecule has 0 bridgehead atoms. The van der Waals surface area contributed by atoms with Crippen LogP contribution in [0.25, 0.3) is 0 Å². The number of carbonyl (C=O) groups excluding carboxylic acids is 2. The zero-order valence-electron chi connectivity index (χ0n) is 13.9. The molecule has 0 saturated heterocycles. The lowest BCUT2D eigenvalue weighted by molar-refractivity contribution is -0.121. The molecule has 0 spiro atoms. The lowest BCUT2D eigenvalue weighted by Gasteiger charge is -2.18. The number of amides is 1. The molecule has 0 atom stereocenters. The smallest absolute Gasteiger partial charge is 0.220 e. The van der Waals surface area contributed by atoms with E-state index in [4.69, 9.17) is 9.47 Å². The summed E-state index contributed by atoms with van der Waals surface area (Å²) in [5.74, 6) is 0.292. The minimum Gasteiger partial charge on any atom is -0.486 e. The third-order valence-corrected chi connectivity index (χ3v) is 4.42. The van der Waals surface area contributed by atoms with E-state index in [1.165, 1.54) is 6.07 Å². The second kappa shape index (κ2) is 8.31. The van der Waals surface area contributed by atoms with Crippen molar-refractivity contribution in [2.24, 2.45) is 0 Å². The molecule has 0 fully saturated rings. The molecule has 7 heteroatoms. The fourth-order valence-electron chi connectivity index (χ4n) is 2.55. The van der Waals surface area contributed by atoms with Gasteiger partial charge >= 0.3 is 0 Å². The third kappa shape index (κ3) is 4.60. The van der Waals surface area contributed by atoms with Gasteiger partial charge in [-0.05, 0) is 36.4 Å². The van der Waals surface area contributed by atoms with Gasteiger partial charge in [0, 0.05) is 35.0 Å². The summed E-state index contributed by atoms with van der Waals surface area (Å²) in [7, 11) is 0. The third-order valence-electron chi connectivity index (χ3n) is 3.93. The van der Waals surface area contributed by atoms with E-state index in [-0.39, 0.29) is 36.9 Å². The zero-order chi connectivity index (χ0) is 18.5. The summed E-state index contributed by atoms with van der Waals surface area (Å²) in [4.78, 5) is 24.2. The molecule has 1 N–H and O–H groups in total. The van der Waals surface area contributed by atoms with E-state index in [2.05, 4.69) is 21.2 Å². The lowest BCUT2D eigenvalue weighted by Crippen LogP contribution is -2.23. The topological polar surface area (TPSA) is 64.6 Å². The van der Waals surface area contributed by atoms with Gasteiger partial charge in [0.1, 0.15) is 19.0 Å². The van der Waals surface area contributed by atoms with E-state index in [1.54, 1.807) is 30.3 Å². The van der Waals surface area contributed by atoms with Gasteiger partial charge < -0.3 is 14.8 Å². The Bertz CT molecular complexity index is 840. The largest absolute Gasteiger partial charge is 0.486 e. The molecule has 1 aliphatic heterocycles. The molecule has 3 rings (SSSR count).